The van der Waals surface area contributed by atoms with E-state index in [0.717, 1.165) is 6.54 Å². The lowest BCUT2D eigenvalue weighted by Gasteiger charge is -2.18. The molecule has 0 bridgehead atoms. The van der Waals surface area contributed by atoms with E-state index in [1.165, 1.54) is 0 Å². The first-order valence-corrected chi connectivity index (χ1v) is 3.91. The third kappa shape index (κ3) is 5.80. The zero-order valence-corrected chi connectivity index (χ0v) is 7.79. The number of carbonyl (C=O) groups is 1. The van der Waals surface area contributed by atoms with Crippen LogP contribution in [0.5, 0.6) is 0 Å². The van der Waals surface area contributed by atoms with Crippen molar-refractivity contribution in [1.29, 1.82) is 0 Å². The summed E-state index contributed by atoms with van der Waals surface area (Å²) in [5, 5.41) is 0. The van der Waals surface area contributed by atoms with Gasteiger partial charge in [0, 0.05) is 12.6 Å². The highest BCUT2D eigenvalue weighted by atomic mass is 16.1. The Morgan fingerprint density at radius 2 is 2.09 bits per heavy atom. The van der Waals surface area contributed by atoms with Gasteiger partial charge in [-0.15, -0.1) is 0 Å². The van der Waals surface area contributed by atoms with Crippen LogP contribution in [0.4, 0.5) is 0 Å². The molecule has 0 fully saturated rings. The van der Waals surface area contributed by atoms with Crippen LogP contribution in [0.15, 0.2) is 12.2 Å². The van der Waals surface area contributed by atoms with Crippen LogP contribution in [-0.4, -0.2) is 30.3 Å². The number of nitrogens with zero attached hydrogens (tertiary/aromatic N) is 1. The lowest BCUT2D eigenvalue weighted by molar-refractivity contribution is -0.112. The first kappa shape index (κ1) is 10.4. The molecule has 0 rings (SSSR count). The molecule has 0 N–H and O–H groups in total. The number of allylic oxidation sites excluding steroid dienone is 1. The molecule has 0 aliphatic heterocycles. The molecule has 0 unspecified atom stereocenters. The van der Waals surface area contributed by atoms with Crippen LogP contribution < -0.4 is 0 Å². The van der Waals surface area contributed by atoms with Crippen molar-refractivity contribution in [2.24, 2.45) is 0 Å². The number of rotatable bonds is 4. The Balaban J connectivity index is 3.61. The molecule has 11 heavy (non-hydrogen) atoms. The monoisotopic (exact) mass is 155 g/mol. The molecule has 0 aromatic carbocycles. The summed E-state index contributed by atoms with van der Waals surface area (Å²) in [5.74, 6) is 0.113. The highest BCUT2D eigenvalue weighted by Crippen LogP contribution is 1.92. The molecule has 0 saturated heterocycles. The van der Waals surface area contributed by atoms with Gasteiger partial charge in [-0.1, -0.05) is 6.08 Å². The van der Waals surface area contributed by atoms with Gasteiger partial charge >= 0.3 is 0 Å². The Bertz CT molecular complexity index is 150. The van der Waals surface area contributed by atoms with Crippen molar-refractivity contribution in [2.75, 3.05) is 13.6 Å². The Morgan fingerprint density at radius 1 is 1.55 bits per heavy atom. The fourth-order valence-electron chi connectivity index (χ4n) is 0.596. The summed E-state index contributed by atoms with van der Waals surface area (Å²) in [4.78, 5) is 12.7. The summed E-state index contributed by atoms with van der Waals surface area (Å²) in [7, 11) is 2.04. The van der Waals surface area contributed by atoms with Gasteiger partial charge in [0.2, 0.25) is 0 Å². The Morgan fingerprint density at radius 3 is 2.45 bits per heavy atom. The average molecular weight is 155 g/mol. The predicted molar refractivity (Wildman–Crippen MR) is 47.6 cm³/mol. The molecule has 0 aromatic heterocycles. The van der Waals surface area contributed by atoms with Crippen LogP contribution >= 0.6 is 0 Å². The van der Waals surface area contributed by atoms with E-state index in [4.69, 9.17) is 0 Å². The van der Waals surface area contributed by atoms with E-state index >= 15 is 0 Å². The van der Waals surface area contributed by atoms with E-state index in [9.17, 15) is 4.79 Å². The van der Waals surface area contributed by atoms with Crippen LogP contribution in [0, 0.1) is 0 Å². The molecule has 0 aliphatic rings. The summed E-state index contributed by atoms with van der Waals surface area (Å²) >= 11 is 0. The van der Waals surface area contributed by atoms with Crippen molar-refractivity contribution < 1.29 is 4.79 Å². The van der Waals surface area contributed by atoms with Crippen LogP contribution in [0.3, 0.4) is 0 Å². The van der Waals surface area contributed by atoms with E-state index in [-0.39, 0.29) is 5.78 Å². The molecule has 0 radical (unpaired) electrons. The maximum Gasteiger partial charge on any atom is 0.152 e. The molecule has 0 aliphatic carbocycles. The lowest BCUT2D eigenvalue weighted by Crippen LogP contribution is -2.26. The van der Waals surface area contributed by atoms with Crippen LogP contribution in [-0.2, 0) is 4.79 Å². The highest BCUT2D eigenvalue weighted by Gasteiger charge is 1.98. The molecular formula is C9H17NO. The lowest BCUT2D eigenvalue weighted by atomic mass is 10.3. The smallest absolute Gasteiger partial charge is 0.152 e. The Hall–Kier alpha value is -0.630. The van der Waals surface area contributed by atoms with Gasteiger partial charge in [-0.2, -0.15) is 0 Å². The molecule has 0 spiro atoms. The van der Waals surface area contributed by atoms with E-state index < -0.39 is 0 Å². The van der Waals surface area contributed by atoms with Gasteiger partial charge in [0.05, 0.1) is 0 Å². The summed E-state index contributed by atoms with van der Waals surface area (Å²) in [5.41, 5.74) is 0. The minimum Gasteiger partial charge on any atom is -0.300 e. The van der Waals surface area contributed by atoms with Gasteiger partial charge in [0.25, 0.3) is 0 Å². The van der Waals surface area contributed by atoms with Crippen molar-refractivity contribution in [2.45, 2.75) is 26.8 Å². The standard InChI is InChI=1S/C9H17NO/c1-8(2)10(4)7-5-6-9(3)11/h5-6,8H,7H2,1-4H3/b6-5+. The summed E-state index contributed by atoms with van der Waals surface area (Å²) in [6.45, 7) is 6.66. The largest absolute Gasteiger partial charge is 0.300 e. The van der Waals surface area contributed by atoms with E-state index in [1.54, 1.807) is 13.0 Å². The number of carbonyl (C=O) groups excluding carboxylic acids is 1. The molecule has 0 saturated carbocycles. The Kier molecular flexibility index (Phi) is 4.79. The Labute approximate surface area is 68.9 Å². The number of hydrogen-bond donors (Lipinski definition) is 0. The SMILES string of the molecule is CC(=O)/C=C/CN(C)C(C)C. The van der Waals surface area contributed by atoms with E-state index in [2.05, 4.69) is 18.7 Å². The highest BCUT2D eigenvalue weighted by molar-refractivity contribution is 5.87. The van der Waals surface area contributed by atoms with Gasteiger partial charge in [-0.05, 0) is 33.9 Å². The zero-order valence-electron chi connectivity index (χ0n) is 7.79. The van der Waals surface area contributed by atoms with Crippen molar-refractivity contribution in [3.63, 3.8) is 0 Å². The van der Waals surface area contributed by atoms with Gasteiger partial charge in [0.1, 0.15) is 0 Å². The maximum atomic E-state index is 10.5. The van der Waals surface area contributed by atoms with Crippen LogP contribution in [0.2, 0.25) is 0 Å². The first-order chi connectivity index (χ1) is 5.04. The molecule has 0 heterocycles. The second kappa shape index (κ2) is 5.08. The molecule has 0 amide bonds. The minimum absolute atomic E-state index is 0.113. The van der Waals surface area contributed by atoms with Gasteiger partial charge in [-0.25, -0.2) is 0 Å². The fourth-order valence-corrected chi connectivity index (χ4v) is 0.596. The predicted octanol–water partition coefficient (Wildman–Crippen LogP) is 1.47. The van der Waals surface area contributed by atoms with Crippen LogP contribution in [0.1, 0.15) is 20.8 Å². The zero-order chi connectivity index (χ0) is 8.85. The molecule has 64 valence electrons. The quantitative estimate of drug-likeness (QED) is 0.573. The summed E-state index contributed by atoms with van der Waals surface area (Å²) in [6.07, 6.45) is 3.50. The number of ketones is 1. The first-order valence-electron chi connectivity index (χ1n) is 3.91. The van der Waals surface area contributed by atoms with Crippen molar-refractivity contribution in [3.8, 4) is 0 Å². The molecule has 0 atom stereocenters. The second-order valence-corrected chi connectivity index (χ2v) is 3.05. The molecule has 2 heteroatoms. The average Bonchev–Trinajstić information content (AvgIpc) is 1.86. The van der Waals surface area contributed by atoms with Gasteiger partial charge in [0.15, 0.2) is 5.78 Å². The third-order valence-electron chi connectivity index (χ3n) is 1.63. The van der Waals surface area contributed by atoms with Gasteiger partial charge < -0.3 is 4.90 Å². The normalized spacial score (nSPS) is 11.8. The number of likely N-dealkylation sites (N-methyl/N-ethyl adjacent to an activating group) is 1. The van der Waals surface area contributed by atoms with Crippen LogP contribution in [0.25, 0.3) is 0 Å². The number of hydrogen-bond acceptors (Lipinski definition) is 2. The summed E-state index contributed by atoms with van der Waals surface area (Å²) in [6, 6.07) is 0.534. The second-order valence-electron chi connectivity index (χ2n) is 3.05. The molecular weight excluding hydrogens is 138 g/mol. The molecule has 2 nitrogen and oxygen atoms in total. The summed E-state index contributed by atoms with van der Waals surface area (Å²) < 4.78 is 0. The topological polar surface area (TPSA) is 20.3 Å². The fraction of sp³-hybridized carbons (Fsp3) is 0.667. The van der Waals surface area contributed by atoms with E-state index in [0.29, 0.717) is 6.04 Å². The van der Waals surface area contributed by atoms with Crippen molar-refractivity contribution >= 4 is 5.78 Å². The van der Waals surface area contributed by atoms with Crippen molar-refractivity contribution in [1.82, 2.24) is 4.90 Å². The van der Waals surface area contributed by atoms with Crippen molar-refractivity contribution in [3.05, 3.63) is 12.2 Å². The maximum absolute atomic E-state index is 10.5. The third-order valence-corrected chi connectivity index (χ3v) is 1.63. The van der Waals surface area contributed by atoms with Gasteiger partial charge in [-0.3, -0.25) is 4.79 Å². The molecule has 0 aromatic rings. The minimum atomic E-state index is 0.113. The van der Waals surface area contributed by atoms with E-state index in [1.807, 2.05) is 13.1 Å².